The molecule has 0 atom stereocenters. The van der Waals surface area contributed by atoms with Gasteiger partial charge in [-0.1, -0.05) is 293 Å². The summed E-state index contributed by atoms with van der Waals surface area (Å²) in [7, 11) is 0. The van der Waals surface area contributed by atoms with Crippen LogP contribution in [0.2, 0.25) is 13.1 Å². The van der Waals surface area contributed by atoms with Gasteiger partial charge in [-0.2, -0.15) is 12.1 Å². The number of fused-ring (bicyclic) bond motifs is 6. The fraction of sp³-hybridized carbons (Fsp3) is 0.194. The average molecular weight is 1120 g/mol. The molecular formula is C72H68Cl2SiZr-2. The summed E-state index contributed by atoms with van der Waals surface area (Å²) in [4.78, 5) is 0. The van der Waals surface area contributed by atoms with E-state index in [1.54, 1.807) is 23.3 Å². The second-order valence-corrected chi connectivity index (χ2v) is 29.8. The molecule has 12 aromatic carbocycles. The zero-order valence-corrected chi connectivity index (χ0v) is 49.6. The summed E-state index contributed by atoms with van der Waals surface area (Å²) < 4.78 is 0. The van der Waals surface area contributed by atoms with Crippen molar-refractivity contribution in [2.24, 2.45) is 0 Å². The van der Waals surface area contributed by atoms with Crippen LogP contribution in [0.4, 0.5) is 0 Å². The van der Waals surface area contributed by atoms with E-state index < -0.39 is 0 Å². The molecule has 0 aliphatic carbocycles. The van der Waals surface area contributed by atoms with Gasteiger partial charge in [-0.15, -0.1) is 44.8 Å². The molecule has 0 radical (unpaired) electrons. The van der Waals surface area contributed by atoms with Crippen LogP contribution in [-0.4, -0.2) is 5.43 Å². The van der Waals surface area contributed by atoms with Crippen LogP contribution in [-0.2, 0) is 36.2 Å². The minimum absolute atomic E-state index is 0. The monoisotopic (exact) mass is 1120 g/mol. The van der Waals surface area contributed by atoms with Crippen LogP contribution in [0, 0.1) is 0 Å². The topological polar surface area (TPSA) is 0 Å². The van der Waals surface area contributed by atoms with E-state index in [-0.39, 0.29) is 30.2 Å². The second-order valence-electron chi connectivity index (χ2n) is 20.4. The van der Waals surface area contributed by atoms with Gasteiger partial charge in [0.25, 0.3) is 0 Å². The maximum absolute atomic E-state index is 2.47. The molecule has 0 unspecified atom stereocenters. The van der Waals surface area contributed by atoms with Crippen LogP contribution in [0.1, 0.15) is 76.3 Å². The minimum Gasteiger partial charge on any atom is -1.00 e. The maximum atomic E-state index is 2.47. The van der Waals surface area contributed by atoms with Crippen LogP contribution in [0.15, 0.2) is 218 Å². The predicted molar refractivity (Wildman–Crippen MR) is 324 cm³/mol. The Balaban J connectivity index is 0.000000184. The molecule has 0 amide bonds. The molecule has 4 heteroatoms. The fourth-order valence-electron chi connectivity index (χ4n) is 11.3. The van der Waals surface area contributed by atoms with Crippen LogP contribution >= 0.6 is 0 Å². The smallest absolute Gasteiger partial charge is 1.00 e. The van der Waals surface area contributed by atoms with Crippen molar-refractivity contribution in [3.63, 3.8) is 0 Å². The number of halogens is 2. The number of unbranched alkanes of at least 4 members (excludes halogenated alkanes) is 6. The fourth-order valence-corrected chi connectivity index (χ4v) is 11.3. The van der Waals surface area contributed by atoms with E-state index in [1.165, 1.54) is 172 Å². The molecule has 0 spiro atoms. The molecule has 0 saturated carbocycles. The zero-order valence-electron chi connectivity index (χ0n) is 44.6. The molecule has 0 fully saturated rings. The number of hydrogen-bond acceptors (Lipinski definition) is 0. The van der Waals surface area contributed by atoms with Gasteiger partial charge in [0, 0.05) is 0 Å². The van der Waals surface area contributed by atoms with E-state index in [0.29, 0.717) is 0 Å². The van der Waals surface area contributed by atoms with Gasteiger partial charge in [-0.3, -0.25) is 0 Å². The van der Waals surface area contributed by atoms with Gasteiger partial charge in [0.05, 0.1) is 0 Å². The number of benzene rings is 10. The maximum Gasteiger partial charge on any atom is -1.00 e. The van der Waals surface area contributed by atoms with Crippen LogP contribution in [0.3, 0.4) is 0 Å². The van der Waals surface area contributed by atoms with Crippen molar-refractivity contribution in [1.29, 1.82) is 0 Å². The third-order valence-electron chi connectivity index (χ3n) is 14.9. The summed E-state index contributed by atoms with van der Waals surface area (Å²) in [5.41, 5.74) is 13.8. The summed E-state index contributed by atoms with van der Waals surface area (Å²) in [6, 6.07) is 81.0. The number of aryl methyl sites for hydroxylation is 2. The SMILES string of the molecule is CCCCCCc1cc2c(-c3cccc4ccccc34)ccc(-c3cccc4ccccc34)c2[cH-]1.CCCCCCc1cc2c(-c3cccc4ccccc34)ccc(-c3cccc4ccccc34)c2[cH-]1.C[Si](C)=[Zr+2].[Cl-].[Cl-]. The Morgan fingerprint density at radius 3 is 0.895 bits per heavy atom. The van der Waals surface area contributed by atoms with Crippen molar-refractivity contribution in [2.45, 2.75) is 91.1 Å². The van der Waals surface area contributed by atoms with Gasteiger partial charge in [0.1, 0.15) is 0 Å². The second kappa shape index (κ2) is 27.0. The summed E-state index contributed by atoms with van der Waals surface area (Å²) in [5.74, 6) is 0. The molecular weight excluding hydrogens is 1060 g/mol. The number of hydrogen-bond donors (Lipinski definition) is 0. The Kier molecular flexibility index (Phi) is 20.0. The Hall–Kier alpha value is -5.86. The molecule has 0 heterocycles. The van der Waals surface area contributed by atoms with Gasteiger partial charge >= 0.3 is 41.9 Å². The van der Waals surface area contributed by atoms with Gasteiger partial charge in [-0.25, -0.2) is 0 Å². The Bertz CT molecular complexity index is 3390. The molecule has 12 rings (SSSR count). The van der Waals surface area contributed by atoms with Crippen molar-refractivity contribution in [2.75, 3.05) is 0 Å². The van der Waals surface area contributed by atoms with Gasteiger partial charge in [-0.05, 0) is 67.1 Å². The van der Waals surface area contributed by atoms with E-state index in [0.717, 1.165) is 12.8 Å². The summed E-state index contributed by atoms with van der Waals surface area (Å²) in [6.07, 6.45) is 12.6. The third kappa shape index (κ3) is 12.6. The quantitative estimate of drug-likeness (QED) is 0.0578. The van der Waals surface area contributed by atoms with Crippen molar-refractivity contribution < 1.29 is 48.1 Å². The first-order chi connectivity index (χ1) is 36.4. The predicted octanol–water partition coefficient (Wildman–Crippen LogP) is 15.4. The Morgan fingerprint density at radius 1 is 0.316 bits per heavy atom. The zero-order chi connectivity index (χ0) is 50.8. The van der Waals surface area contributed by atoms with E-state index >= 15 is 0 Å². The first-order valence-corrected chi connectivity index (χ1v) is 33.5. The minimum atomic E-state index is 0. The summed E-state index contributed by atoms with van der Waals surface area (Å²) in [6.45, 7) is 9.18. The van der Waals surface area contributed by atoms with Crippen LogP contribution < -0.4 is 24.8 Å². The van der Waals surface area contributed by atoms with E-state index in [1.807, 2.05) is 0 Å². The van der Waals surface area contributed by atoms with E-state index in [2.05, 4.69) is 245 Å². The standard InChI is InChI=1S/2C35H31.C2H6Si.2ClH.Zr/c2*1-2-3-4-5-12-25-23-34-32(30-19-10-15-26-13-6-8-17-28(26)30)21-22-33(35(34)24-25)31-20-11-16-27-14-7-9-18-29(27)31;1-3-2;;;/h2*6-11,13-24H,2-5,12H2,1H3;1-2H3;2*1H;/q2*-1;;;;+2/p-2. The molecule has 380 valence electrons. The molecule has 0 N–H and O–H groups in total. The molecule has 0 nitrogen and oxygen atoms in total. The molecule has 12 aromatic rings. The Morgan fingerprint density at radius 2 is 0.579 bits per heavy atom. The van der Waals surface area contributed by atoms with E-state index in [9.17, 15) is 0 Å². The number of rotatable bonds is 14. The normalized spacial score (nSPS) is 11.0. The van der Waals surface area contributed by atoms with Gasteiger partial charge < -0.3 is 24.8 Å². The van der Waals surface area contributed by atoms with Crippen molar-refractivity contribution in [1.82, 2.24) is 0 Å². The largest absolute Gasteiger partial charge is 1.00 e. The van der Waals surface area contributed by atoms with E-state index in [4.69, 9.17) is 0 Å². The molecule has 0 saturated heterocycles. The average Bonchev–Trinajstić information content (AvgIpc) is 4.08. The summed E-state index contributed by atoms with van der Waals surface area (Å²) in [5, 5.41) is 15.9. The molecule has 0 aliphatic rings. The first-order valence-electron chi connectivity index (χ1n) is 27.3. The van der Waals surface area contributed by atoms with Crippen molar-refractivity contribution in [3.8, 4) is 44.5 Å². The van der Waals surface area contributed by atoms with Crippen LogP contribution in [0.5, 0.6) is 0 Å². The first kappa shape index (κ1) is 56.3. The molecule has 0 aromatic heterocycles. The van der Waals surface area contributed by atoms with Crippen molar-refractivity contribution >= 4 is 70.1 Å². The van der Waals surface area contributed by atoms with Crippen molar-refractivity contribution in [3.05, 3.63) is 230 Å². The molecule has 0 aliphatic heterocycles. The molecule has 76 heavy (non-hydrogen) atoms. The summed E-state index contributed by atoms with van der Waals surface area (Å²) >= 11 is 1.74. The van der Waals surface area contributed by atoms with Gasteiger partial charge in [0.15, 0.2) is 0 Å². The Labute approximate surface area is 479 Å². The molecule has 0 bridgehead atoms. The van der Waals surface area contributed by atoms with Gasteiger partial charge in [0.2, 0.25) is 0 Å². The van der Waals surface area contributed by atoms with Crippen LogP contribution in [0.25, 0.3) is 109 Å². The third-order valence-corrected chi connectivity index (χ3v) is 14.9.